The first kappa shape index (κ1) is 12.0. The summed E-state index contributed by atoms with van der Waals surface area (Å²) in [4.78, 5) is 0. The second-order valence-corrected chi connectivity index (χ2v) is 4.88. The zero-order chi connectivity index (χ0) is 11.4. The molecule has 2 nitrogen and oxygen atoms in total. The summed E-state index contributed by atoms with van der Waals surface area (Å²) < 4.78 is 5.32. The molecule has 1 saturated heterocycles. The summed E-state index contributed by atoms with van der Waals surface area (Å²) in [6.45, 7) is 2.74. The maximum absolute atomic E-state index is 5.94. The first-order valence-electron chi connectivity index (χ1n) is 5.52. The maximum atomic E-state index is 5.94. The summed E-state index contributed by atoms with van der Waals surface area (Å²) in [5, 5.41) is 4.58. The molecule has 1 aliphatic rings. The first-order valence-corrected chi connectivity index (χ1v) is 6.28. The predicted octanol–water partition coefficient (Wildman–Crippen LogP) is 3.83. The van der Waals surface area contributed by atoms with E-state index in [0.717, 1.165) is 38.3 Å². The van der Waals surface area contributed by atoms with Gasteiger partial charge in [-0.2, -0.15) is 0 Å². The lowest BCUT2D eigenvalue weighted by molar-refractivity contribution is 0.0699. The van der Waals surface area contributed by atoms with Gasteiger partial charge in [-0.15, -0.1) is 0 Å². The van der Waals surface area contributed by atoms with Crippen molar-refractivity contribution in [2.45, 2.75) is 12.8 Å². The summed E-state index contributed by atoms with van der Waals surface area (Å²) >= 11 is 11.8. The SMILES string of the molecule is Clc1ccc(NCC2CCOCC2)cc1Cl. The molecule has 0 spiro atoms. The number of hydrogen-bond acceptors (Lipinski definition) is 2. The fraction of sp³-hybridized carbons (Fsp3) is 0.500. The van der Waals surface area contributed by atoms with E-state index in [4.69, 9.17) is 27.9 Å². The lowest BCUT2D eigenvalue weighted by atomic mass is 10.0. The number of nitrogens with one attached hydrogen (secondary N) is 1. The molecule has 0 radical (unpaired) electrons. The molecule has 4 heteroatoms. The number of benzene rings is 1. The van der Waals surface area contributed by atoms with E-state index in [1.165, 1.54) is 0 Å². The van der Waals surface area contributed by atoms with E-state index in [2.05, 4.69) is 5.32 Å². The Hall–Kier alpha value is -0.440. The number of halogens is 2. The van der Waals surface area contributed by atoms with Gasteiger partial charge in [0.25, 0.3) is 0 Å². The van der Waals surface area contributed by atoms with E-state index in [9.17, 15) is 0 Å². The summed E-state index contributed by atoms with van der Waals surface area (Å²) in [7, 11) is 0. The van der Waals surface area contributed by atoms with E-state index < -0.39 is 0 Å². The Morgan fingerprint density at radius 3 is 2.62 bits per heavy atom. The van der Waals surface area contributed by atoms with E-state index in [1.807, 2.05) is 18.2 Å². The van der Waals surface area contributed by atoms with Crippen LogP contribution in [0.15, 0.2) is 18.2 Å². The molecule has 1 N–H and O–H groups in total. The Labute approximate surface area is 106 Å². The Morgan fingerprint density at radius 1 is 1.19 bits per heavy atom. The van der Waals surface area contributed by atoms with Crippen LogP contribution in [0.2, 0.25) is 10.0 Å². The molecular formula is C12H15Cl2NO. The molecule has 1 aromatic rings. The highest BCUT2D eigenvalue weighted by molar-refractivity contribution is 6.42. The van der Waals surface area contributed by atoms with Crippen molar-refractivity contribution in [3.63, 3.8) is 0 Å². The van der Waals surface area contributed by atoms with Crippen LogP contribution in [0.25, 0.3) is 0 Å². The van der Waals surface area contributed by atoms with Crippen LogP contribution in [0.1, 0.15) is 12.8 Å². The first-order chi connectivity index (χ1) is 7.75. The van der Waals surface area contributed by atoms with Gasteiger partial charge in [0.1, 0.15) is 0 Å². The molecule has 0 saturated carbocycles. The molecule has 0 atom stereocenters. The molecule has 0 amide bonds. The summed E-state index contributed by atoms with van der Waals surface area (Å²) in [6.07, 6.45) is 2.27. The Bertz CT molecular complexity index is 351. The molecule has 88 valence electrons. The van der Waals surface area contributed by atoms with Crippen LogP contribution < -0.4 is 5.32 Å². The van der Waals surface area contributed by atoms with Crippen molar-refractivity contribution >= 4 is 28.9 Å². The molecule has 1 heterocycles. The van der Waals surface area contributed by atoms with Crippen LogP contribution in [0.4, 0.5) is 5.69 Å². The molecule has 16 heavy (non-hydrogen) atoms. The Kier molecular flexibility index (Phi) is 4.33. The normalized spacial score (nSPS) is 17.4. The number of rotatable bonds is 3. The maximum Gasteiger partial charge on any atom is 0.0612 e. The van der Waals surface area contributed by atoms with Gasteiger partial charge in [0, 0.05) is 25.4 Å². The smallest absolute Gasteiger partial charge is 0.0612 e. The van der Waals surface area contributed by atoms with Gasteiger partial charge in [-0.25, -0.2) is 0 Å². The quantitative estimate of drug-likeness (QED) is 0.891. The monoisotopic (exact) mass is 259 g/mol. The molecule has 0 aromatic heterocycles. The van der Waals surface area contributed by atoms with Crippen LogP contribution in [-0.2, 0) is 4.74 Å². The van der Waals surface area contributed by atoms with Gasteiger partial charge in [-0.3, -0.25) is 0 Å². The van der Waals surface area contributed by atoms with Crippen molar-refractivity contribution in [3.8, 4) is 0 Å². The standard InChI is InChI=1S/C12H15Cl2NO/c13-11-2-1-10(7-12(11)14)15-8-9-3-5-16-6-4-9/h1-2,7,9,15H,3-6,8H2. The van der Waals surface area contributed by atoms with Crippen molar-refractivity contribution in [1.82, 2.24) is 0 Å². The number of hydrogen-bond donors (Lipinski definition) is 1. The zero-order valence-corrected chi connectivity index (χ0v) is 10.5. The van der Waals surface area contributed by atoms with Gasteiger partial charge in [0.2, 0.25) is 0 Å². The fourth-order valence-corrected chi connectivity index (χ4v) is 2.12. The van der Waals surface area contributed by atoms with Gasteiger partial charge >= 0.3 is 0 Å². The molecular weight excluding hydrogens is 245 g/mol. The topological polar surface area (TPSA) is 21.3 Å². The van der Waals surface area contributed by atoms with Crippen LogP contribution in [0.3, 0.4) is 0 Å². The number of ether oxygens (including phenoxy) is 1. The van der Waals surface area contributed by atoms with E-state index >= 15 is 0 Å². The van der Waals surface area contributed by atoms with Crippen LogP contribution in [-0.4, -0.2) is 19.8 Å². The summed E-state index contributed by atoms with van der Waals surface area (Å²) in [5.41, 5.74) is 1.03. The van der Waals surface area contributed by atoms with Gasteiger partial charge in [-0.05, 0) is 37.0 Å². The Balaban J connectivity index is 1.86. The minimum Gasteiger partial charge on any atom is -0.385 e. The zero-order valence-electron chi connectivity index (χ0n) is 9.01. The molecule has 1 aliphatic heterocycles. The second kappa shape index (κ2) is 5.76. The molecule has 1 fully saturated rings. The molecule has 2 rings (SSSR count). The van der Waals surface area contributed by atoms with E-state index in [1.54, 1.807) is 0 Å². The minimum atomic E-state index is 0.596. The minimum absolute atomic E-state index is 0.596. The van der Waals surface area contributed by atoms with Crippen molar-refractivity contribution in [2.75, 3.05) is 25.1 Å². The van der Waals surface area contributed by atoms with E-state index in [0.29, 0.717) is 16.0 Å². The van der Waals surface area contributed by atoms with Crippen LogP contribution in [0.5, 0.6) is 0 Å². The number of anilines is 1. The highest BCUT2D eigenvalue weighted by atomic mass is 35.5. The highest BCUT2D eigenvalue weighted by Gasteiger charge is 2.13. The van der Waals surface area contributed by atoms with Crippen molar-refractivity contribution < 1.29 is 4.74 Å². The third-order valence-corrected chi connectivity index (χ3v) is 3.59. The van der Waals surface area contributed by atoms with E-state index in [-0.39, 0.29) is 0 Å². The van der Waals surface area contributed by atoms with Gasteiger partial charge in [-0.1, -0.05) is 23.2 Å². The van der Waals surface area contributed by atoms with Gasteiger partial charge < -0.3 is 10.1 Å². The van der Waals surface area contributed by atoms with Crippen LogP contribution in [0, 0.1) is 5.92 Å². The second-order valence-electron chi connectivity index (χ2n) is 4.07. The average Bonchev–Trinajstić information content (AvgIpc) is 2.32. The van der Waals surface area contributed by atoms with Crippen molar-refractivity contribution in [1.29, 1.82) is 0 Å². The predicted molar refractivity (Wildman–Crippen MR) is 68.5 cm³/mol. The molecule has 1 aromatic carbocycles. The van der Waals surface area contributed by atoms with Gasteiger partial charge in [0.15, 0.2) is 0 Å². The summed E-state index contributed by atoms with van der Waals surface area (Å²) in [5.74, 6) is 0.697. The fourth-order valence-electron chi connectivity index (χ4n) is 1.82. The lowest BCUT2D eigenvalue weighted by Gasteiger charge is -2.22. The average molecular weight is 260 g/mol. The third kappa shape index (κ3) is 3.27. The largest absolute Gasteiger partial charge is 0.385 e. The van der Waals surface area contributed by atoms with Crippen LogP contribution >= 0.6 is 23.2 Å². The molecule has 0 bridgehead atoms. The lowest BCUT2D eigenvalue weighted by Crippen LogP contribution is -2.22. The summed E-state index contributed by atoms with van der Waals surface area (Å²) in [6, 6.07) is 5.63. The molecule has 0 unspecified atom stereocenters. The van der Waals surface area contributed by atoms with Crippen molar-refractivity contribution in [3.05, 3.63) is 28.2 Å². The third-order valence-electron chi connectivity index (χ3n) is 2.86. The van der Waals surface area contributed by atoms with Gasteiger partial charge in [0.05, 0.1) is 10.0 Å². The Morgan fingerprint density at radius 2 is 1.94 bits per heavy atom. The highest BCUT2D eigenvalue weighted by Crippen LogP contribution is 2.25. The van der Waals surface area contributed by atoms with Crippen molar-refractivity contribution in [2.24, 2.45) is 5.92 Å². The molecule has 0 aliphatic carbocycles.